The topological polar surface area (TPSA) is 47.3 Å². The minimum Gasteiger partial charge on any atom is -0.493 e. The lowest BCUT2D eigenvalue weighted by atomic mass is 9.89. The van der Waals surface area contributed by atoms with E-state index in [0.29, 0.717) is 12.3 Å². The van der Waals surface area contributed by atoms with Crippen LogP contribution in [0, 0.1) is 0 Å². The molecule has 108 valence electrons. The number of rotatable bonds is 6. The van der Waals surface area contributed by atoms with Gasteiger partial charge in [-0.15, -0.1) is 0 Å². The lowest BCUT2D eigenvalue weighted by molar-refractivity contribution is 0.129. The Morgan fingerprint density at radius 2 is 1.95 bits per heavy atom. The molecule has 20 heavy (non-hydrogen) atoms. The maximum Gasteiger partial charge on any atom is 0.162 e. The summed E-state index contributed by atoms with van der Waals surface area (Å²) in [5.74, 6) is 0.681. The standard InChI is InChI=1S/C16H22N2O2/c1-4-13(12-9-7-6-8-10-12)16(19)15-14(20-3)11-17-18(15)5-2/h6-11,13,16,19H,4-5H2,1-3H3. The van der Waals surface area contributed by atoms with Gasteiger partial charge in [-0.05, 0) is 18.9 Å². The lowest BCUT2D eigenvalue weighted by Gasteiger charge is -2.23. The van der Waals surface area contributed by atoms with Crippen molar-refractivity contribution in [2.45, 2.75) is 38.8 Å². The van der Waals surface area contributed by atoms with Gasteiger partial charge in [0.1, 0.15) is 11.8 Å². The largest absolute Gasteiger partial charge is 0.493 e. The Kier molecular flexibility index (Phi) is 4.79. The number of hydrogen-bond acceptors (Lipinski definition) is 3. The van der Waals surface area contributed by atoms with E-state index in [2.05, 4.69) is 24.2 Å². The zero-order valence-corrected chi connectivity index (χ0v) is 12.3. The second kappa shape index (κ2) is 6.57. The fourth-order valence-electron chi connectivity index (χ4n) is 2.62. The van der Waals surface area contributed by atoms with Crippen LogP contribution in [0.3, 0.4) is 0 Å². The van der Waals surface area contributed by atoms with Gasteiger partial charge >= 0.3 is 0 Å². The van der Waals surface area contributed by atoms with Crippen LogP contribution in [0.4, 0.5) is 0 Å². The Balaban J connectivity index is 2.38. The quantitative estimate of drug-likeness (QED) is 0.880. The number of aliphatic hydroxyl groups is 1. The van der Waals surface area contributed by atoms with Gasteiger partial charge in [-0.2, -0.15) is 5.10 Å². The number of aliphatic hydroxyl groups excluding tert-OH is 1. The minimum absolute atomic E-state index is 0.0344. The van der Waals surface area contributed by atoms with E-state index in [9.17, 15) is 5.11 Å². The zero-order chi connectivity index (χ0) is 14.5. The Labute approximate surface area is 120 Å². The molecule has 0 fully saturated rings. The molecule has 1 heterocycles. The van der Waals surface area contributed by atoms with Gasteiger partial charge in [-0.25, -0.2) is 0 Å². The second-order valence-corrected chi connectivity index (χ2v) is 4.78. The summed E-state index contributed by atoms with van der Waals surface area (Å²) in [6.45, 7) is 4.80. The first-order valence-electron chi connectivity index (χ1n) is 7.05. The first-order chi connectivity index (χ1) is 9.72. The fraction of sp³-hybridized carbons (Fsp3) is 0.438. The van der Waals surface area contributed by atoms with Crippen LogP contribution in [-0.4, -0.2) is 22.0 Å². The van der Waals surface area contributed by atoms with Crippen molar-refractivity contribution in [2.75, 3.05) is 7.11 Å². The average molecular weight is 274 g/mol. The van der Waals surface area contributed by atoms with Crippen LogP contribution in [0.1, 0.15) is 43.5 Å². The summed E-state index contributed by atoms with van der Waals surface area (Å²) >= 11 is 0. The third-order valence-electron chi connectivity index (χ3n) is 3.69. The normalized spacial score (nSPS) is 14.0. The van der Waals surface area contributed by atoms with Crippen LogP contribution >= 0.6 is 0 Å². The van der Waals surface area contributed by atoms with Crippen LogP contribution in [0.5, 0.6) is 5.75 Å². The predicted molar refractivity (Wildman–Crippen MR) is 78.9 cm³/mol. The van der Waals surface area contributed by atoms with E-state index >= 15 is 0 Å². The van der Waals surface area contributed by atoms with Crippen LogP contribution < -0.4 is 4.74 Å². The van der Waals surface area contributed by atoms with Crippen molar-refractivity contribution < 1.29 is 9.84 Å². The van der Waals surface area contributed by atoms with Crippen molar-refractivity contribution in [3.05, 3.63) is 47.8 Å². The van der Waals surface area contributed by atoms with Crippen molar-refractivity contribution >= 4 is 0 Å². The Bertz CT molecular complexity index is 515. The SMILES string of the molecule is CCC(c1ccccc1)C(O)c1c(OC)cnn1CC. The summed E-state index contributed by atoms with van der Waals surface area (Å²) in [6.07, 6.45) is 1.89. The highest BCUT2D eigenvalue weighted by Gasteiger charge is 2.27. The molecule has 0 aliphatic carbocycles. The van der Waals surface area contributed by atoms with Crippen LogP contribution in [0.15, 0.2) is 36.5 Å². The number of hydrogen-bond donors (Lipinski definition) is 1. The highest BCUT2D eigenvalue weighted by Crippen LogP contribution is 2.37. The third-order valence-corrected chi connectivity index (χ3v) is 3.69. The molecule has 4 heteroatoms. The lowest BCUT2D eigenvalue weighted by Crippen LogP contribution is -2.16. The summed E-state index contributed by atoms with van der Waals surface area (Å²) in [6, 6.07) is 10.1. The van der Waals surface area contributed by atoms with Crippen molar-refractivity contribution in [2.24, 2.45) is 0 Å². The molecule has 1 aromatic carbocycles. The van der Waals surface area contributed by atoms with Gasteiger partial charge in [0.15, 0.2) is 5.75 Å². The predicted octanol–water partition coefficient (Wildman–Crippen LogP) is 3.14. The molecule has 2 rings (SSSR count). The number of benzene rings is 1. The summed E-state index contributed by atoms with van der Waals surface area (Å²) in [5.41, 5.74) is 1.89. The Morgan fingerprint density at radius 1 is 1.25 bits per heavy atom. The Hall–Kier alpha value is -1.81. The summed E-state index contributed by atoms with van der Waals surface area (Å²) in [4.78, 5) is 0. The van der Waals surface area contributed by atoms with Gasteiger partial charge in [0.2, 0.25) is 0 Å². The van der Waals surface area contributed by atoms with Crippen molar-refractivity contribution in [1.82, 2.24) is 9.78 Å². The van der Waals surface area contributed by atoms with Crippen LogP contribution in [0.2, 0.25) is 0 Å². The van der Waals surface area contributed by atoms with Gasteiger partial charge < -0.3 is 9.84 Å². The van der Waals surface area contributed by atoms with E-state index < -0.39 is 6.10 Å². The highest BCUT2D eigenvalue weighted by atomic mass is 16.5. The van der Waals surface area contributed by atoms with Crippen molar-refractivity contribution in [1.29, 1.82) is 0 Å². The molecule has 0 radical (unpaired) electrons. The molecule has 2 unspecified atom stereocenters. The molecular weight excluding hydrogens is 252 g/mol. The first kappa shape index (κ1) is 14.6. The molecule has 0 amide bonds. The van der Waals surface area contributed by atoms with E-state index in [-0.39, 0.29) is 5.92 Å². The molecule has 0 bridgehead atoms. The third kappa shape index (κ3) is 2.70. The summed E-state index contributed by atoms with van der Waals surface area (Å²) in [7, 11) is 1.61. The van der Waals surface area contributed by atoms with E-state index in [0.717, 1.165) is 17.7 Å². The number of aromatic nitrogens is 2. The minimum atomic E-state index is -0.625. The molecule has 0 spiro atoms. The molecule has 1 aromatic heterocycles. The summed E-state index contributed by atoms with van der Waals surface area (Å²) < 4.78 is 7.14. The second-order valence-electron chi connectivity index (χ2n) is 4.78. The molecule has 0 saturated carbocycles. The molecular formula is C16H22N2O2. The van der Waals surface area contributed by atoms with Gasteiger partial charge in [-0.3, -0.25) is 4.68 Å². The van der Waals surface area contributed by atoms with Gasteiger partial charge in [0, 0.05) is 12.5 Å². The number of aryl methyl sites for hydroxylation is 1. The van der Waals surface area contributed by atoms with E-state index in [1.807, 2.05) is 25.1 Å². The number of nitrogens with zero attached hydrogens (tertiary/aromatic N) is 2. The fourth-order valence-corrected chi connectivity index (χ4v) is 2.62. The van der Waals surface area contributed by atoms with Crippen LogP contribution in [0.25, 0.3) is 0 Å². The molecule has 2 aromatic rings. The monoisotopic (exact) mass is 274 g/mol. The van der Waals surface area contributed by atoms with Gasteiger partial charge in [-0.1, -0.05) is 37.3 Å². The molecule has 1 N–H and O–H groups in total. The smallest absolute Gasteiger partial charge is 0.162 e. The zero-order valence-electron chi connectivity index (χ0n) is 12.3. The van der Waals surface area contributed by atoms with E-state index in [1.54, 1.807) is 18.0 Å². The van der Waals surface area contributed by atoms with Crippen molar-refractivity contribution in [3.8, 4) is 5.75 Å². The maximum absolute atomic E-state index is 10.8. The maximum atomic E-state index is 10.8. The average Bonchev–Trinajstić information content (AvgIpc) is 2.92. The van der Waals surface area contributed by atoms with Gasteiger partial charge in [0.25, 0.3) is 0 Å². The number of ether oxygens (including phenoxy) is 1. The van der Waals surface area contributed by atoms with E-state index in [1.165, 1.54) is 0 Å². The van der Waals surface area contributed by atoms with E-state index in [4.69, 9.17) is 4.74 Å². The molecule has 0 aliphatic heterocycles. The molecule has 2 atom stereocenters. The molecule has 0 aliphatic rings. The van der Waals surface area contributed by atoms with Crippen molar-refractivity contribution in [3.63, 3.8) is 0 Å². The Morgan fingerprint density at radius 3 is 2.50 bits per heavy atom. The number of methoxy groups -OCH3 is 1. The summed E-state index contributed by atoms with van der Waals surface area (Å²) in [5, 5.41) is 15.1. The molecule has 0 saturated heterocycles. The van der Waals surface area contributed by atoms with Crippen LogP contribution in [-0.2, 0) is 6.54 Å². The molecule has 4 nitrogen and oxygen atoms in total. The van der Waals surface area contributed by atoms with Gasteiger partial charge in [0.05, 0.1) is 13.3 Å². The first-order valence-corrected chi connectivity index (χ1v) is 7.05. The highest BCUT2D eigenvalue weighted by molar-refractivity contribution is 5.31.